The van der Waals surface area contributed by atoms with Gasteiger partial charge in [0.15, 0.2) is 0 Å². The van der Waals surface area contributed by atoms with E-state index in [0.717, 1.165) is 13.2 Å². The Balaban J connectivity index is 2.16. The van der Waals surface area contributed by atoms with E-state index in [1.54, 1.807) is 0 Å². The first-order chi connectivity index (χ1) is 3.93. The van der Waals surface area contributed by atoms with E-state index in [2.05, 4.69) is 10.2 Å². The van der Waals surface area contributed by atoms with Crippen LogP contribution < -0.4 is 11.1 Å². The first-order valence-electron chi connectivity index (χ1n) is 2.72. The van der Waals surface area contributed by atoms with E-state index < -0.39 is 0 Å². The van der Waals surface area contributed by atoms with E-state index in [0.29, 0.717) is 6.54 Å². The van der Waals surface area contributed by atoms with Crippen LogP contribution in [-0.4, -0.2) is 24.7 Å². The minimum atomic E-state index is 0.478. The van der Waals surface area contributed by atoms with E-state index >= 15 is 0 Å². The molecule has 0 aromatic carbocycles. The maximum Gasteiger partial charge on any atom is 0.0868 e. The number of nitrogens with one attached hydrogen (secondary N) is 2. The number of nitrogens with zero attached hydrogens (tertiary/aromatic N) is 1. The van der Waals surface area contributed by atoms with Crippen LogP contribution in [-0.2, 0) is 0 Å². The second kappa shape index (κ2) is 2.57. The third-order valence-electron chi connectivity index (χ3n) is 1.10. The zero-order valence-corrected chi connectivity index (χ0v) is 4.72. The molecule has 0 fully saturated rings. The summed E-state index contributed by atoms with van der Waals surface area (Å²) in [6.45, 7) is 2.19. The summed E-state index contributed by atoms with van der Waals surface area (Å²) in [4.78, 5) is 2.06. The molecule has 3 nitrogen and oxygen atoms in total. The first-order valence-corrected chi connectivity index (χ1v) is 2.72. The van der Waals surface area contributed by atoms with E-state index in [-0.39, 0.29) is 0 Å². The molecule has 45 valence electrons. The molecule has 0 aromatic heterocycles. The molecule has 1 heterocycles. The fraction of sp³-hybridized carbons (Fsp3) is 0.600. The Morgan fingerprint density at radius 2 is 2.62 bits per heavy atom. The monoisotopic (exact) mass is 112 g/mol. The third-order valence-corrected chi connectivity index (χ3v) is 1.10. The molecular formula is C5H10N3. The second-order valence-electron chi connectivity index (χ2n) is 1.74. The molecule has 0 unspecified atom stereocenters. The highest BCUT2D eigenvalue weighted by Crippen LogP contribution is 1.90. The zero-order chi connectivity index (χ0) is 5.82. The van der Waals surface area contributed by atoms with Crippen LogP contribution in [0.4, 0.5) is 0 Å². The van der Waals surface area contributed by atoms with Gasteiger partial charge >= 0.3 is 0 Å². The van der Waals surface area contributed by atoms with Gasteiger partial charge in [0.05, 0.1) is 6.67 Å². The fourth-order valence-electron chi connectivity index (χ4n) is 0.678. The Kier molecular flexibility index (Phi) is 1.75. The molecular weight excluding hydrogens is 102 g/mol. The molecule has 1 rings (SSSR count). The van der Waals surface area contributed by atoms with Crippen molar-refractivity contribution in [2.45, 2.75) is 0 Å². The second-order valence-corrected chi connectivity index (χ2v) is 1.74. The number of hydrogen-bond acceptors (Lipinski definition) is 2. The lowest BCUT2D eigenvalue weighted by Crippen LogP contribution is -2.23. The lowest BCUT2D eigenvalue weighted by atomic mass is 10.6. The maximum absolute atomic E-state index is 6.86. The molecule has 3 heteroatoms. The predicted molar refractivity (Wildman–Crippen MR) is 31.8 cm³/mol. The first kappa shape index (κ1) is 5.44. The SMILES string of the molecule is [NH]CCN1C=CNC1. The summed E-state index contributed by atoms with van der Waals surface area (Å²) in [6.07, 6.45) is 3.87. The van der Waals surface area contributed by atoms with Gasteiger partial charge in [-0.25, -0.2) is 0 Å². The molecule has 1 aliphatic rings. The van der Waals surface area contributed by atoms with Gasteiger partial charge in [-0.2, -0.15) is 0 Å². The predicted octanol–water partition coefficient (Wildman–Crippen LogP) is -0.397. The Morgan fingerprint density at radius 1 is 1.75 bits per heavy atom. The Morgan fingerprint density at radius 3 is 3.12 bits per heavy atom. The highest BCUT2D eigenvalue weighted by molar-refractivity contribution is 4.86. The standard InChI is InChI=1S/C5H10N3/c6-1-3-8-4-2-7-5-8/h2,4,6-7H,1,3,5H2. The van der Waals surface area contributed by atoms with Crippen LogP contribution in [0.1, 0.15) is 0 Å². The molecule has 8 heavy (non-hydrogen) atoms. The van der Waals surface area contributed by atoms with Crippen molar-refractivity contribution in [3.8, 4) is 0 Å². The van der Waals surface area contributed by atoms with Crippen molar-refractivity contribution in [3.63, 3.8) is 0 Å². The van der Waals surface area contributed by atoms with E-state index in [4.69, 9.17) is 5.73 Å². The smallest absolute Gasteiger partial charge is 0.0868 e. The molecule has 0 atom stereocenters. The van der Waals surface area contributed by atoms with Gasteiger partial charge in [0.25, 0.3) is 0 Å². The average Bonchev–Trinajstić information content (AvgIpc) is 2.19. The van der Waals surface area contributed by atoms with Crippen molar-refractivity contribution in [1.29, 1.82) is 0 Å². The van der Waals surface area contributed by atoms with E-state index in [1.807, 2.05) is 12.4 Å². The van der Waals surface area contributed by atoms with Gasteiger partial charge in [0.1, 0.15) is 0 Å². The van der Waals surface area contributed by atoms with Crippen LogP contribution in [0.3, 0.4) is 0 Å². The number of rotatable bonds is 2. The Hall–Kier alpha value is -0.700. The summed E-state index contributed by atoms with van der Waals surface area (Å²) in [5, 5.41) is 3.02. The van der Waals surface area contributed by atoms with Crippen LogP contribution in [0.5, 0.6) is 0 Å². The maximum atomic E-state index is 6.86. The molecule has 2 N–H and O–H groups in total. The van der Waals surface area contributed by atoms with Crippen LogP contribution in [0.25, 0.3) is 0 Å². The van der Waals surface area contributed by atoms with Crippen molar-refractivity contribution in [2.75, 3.05) is 19.8 Å². The summed E-state index contributed by atoms with van der Waals surface area (Å²) < 4.78 is 0. The van der Waals surface area contributed by atoms with Gasteiger partial charge < -0.3 is 10.2 Å². The van der Waals surface area contributed by atoms with E-state index in [1.165, 1.54) is 0 Å². The van der Waals surface area contributed by atoms with Crippen molar-refractivity contribution in [2.24, 2.45) is 0 Å². The molecule has 1 radical (unpaired) electrons. The van der Waals surface area contributed by atoms with Crippen molar-refractivity contribution < 1.29 is 0 Å². The summed E-state index contributed by atoms with van der Waals surface area (Å²) in [7, 11) is 0. The molecule has 1 aliphatic heterocycles. The topological polar surface area (TPSA) is 39.1 Å². The zero-order valence-electron chi connectivity index (χ0n) is 4.72. The molecule has 0 aromatic rings. The van der Waals surface area contributed by atoms with Gasteiger partial charge in [-0.05, 0) is 0 Å². The molecule has 0 bridgehead atoms. The lowest BCUT2D eigenvalue weighted by Gasteiger charge is -2.11. The quantitative estimate of drug-likeness (QED) is 0.528. The molecule has 0 aliphatic carbocycles. The summed E-state index contributed by atoms with van der Waals surface area (Å²) in [5.41, 5.74) is 6.86. The van der Waals surface area contributed by atoms with Gasteiger partial charge in [0.2, 0.25) is 0 Å². The molecule has 0 spiro atoms. The van der Waals surface area contributed by atoms with Crippen LogP contribution in [0, 0.1) is 0 Å². The minimum absolute atomic E-state index is 0.478. The van der Waals surface area contributed by atoms with Crippen molar-refractivity contribution in [1.82, 2.24) is 16.0 Å². The van der Waals surface area contributed by atoms with Gasteiger partial charge in [-0.1, -0.05) is 0 Å². The highest BCUT2D eigenvalue weighted by Gasteiger charge is 1.98. The molecule has 0 amide bonds. The number of hydrogen-bond donors (Lipinski definition) is 1. The van der Waals surface area contributed by atoms with Crippen LogP contribution in [0.15, 0.2) is 12.4 Å². The Bertz CT molecular complexity index is 89.7. The lowest BCUT2D eigenvalue weighted by molar-refractivity contribution is 0.399. The highest BCUT2D eigenvalue weighted by atomic mass is 15.2. The normalized spacial score (nSPS) is 16.9. The van der Waals surface area contributed by atoms with E-state index in [9.17, 15) is 0 Å². The third kappa shape index (κ3) is 1.13. The summed E-state index contributed by atoms with van der Waals surface area (Å²) >= 11 is 0. The summed E-state index contributed by atoms with van der Waals surface area (Å²) in [5.74, 6) is 0. The largest absolute Gasteiger partial charge is 0.373 e. The Labute approximate surface area is 49.2 Å². The van der Waals surface area contributed by atoms with Crippen LogP contribution in [0.2, 0.25) is 0 Å². The van der Waals surface area contributed by atoms with Gasteiger partial charge in [0, 0.05) is 25.5 Å². The van der Waals surface area contributed by atoms with Crippen LogP contribution >= 0.6 is 0 Å². The van der Waals surface area contributed by atoms with Crippen molar-refractivity contribution in [3.05, 3.63) is 12.4 Å². The fourth-order valence-corrected chi connectivity index (χ4v) is 0.678. The van der Waals surface area contributed by atoms with Crippen molar-refractivity contribution >= 4 is 0 Å². The minimum Gasteiger partial charge on any atom is -0.373 e. The average molecular weight is 112 g/mol. The van der Waals surface area contributed by atoms with Gasteiger partial charge in [-0.15, -0.1) is 0 Å². The molecule has 0 saturated heterocycles. The summed E-state index contributed by atoms with van der Waals surface area (Å²) in [6, 6.07) is 0. The molecule has 0 saturated carbocycles. The van der Waals surface area contributed by atoms with Gasteiger partial charge in [-0.3, -0.25) is 5.73 Å².